The maximum atomic E-state index is 5.47. The molecule has 0 saturated heterocycles. The highest BCUT2D eigenvalue weighted by Gasteiger charge is 2.32. The lowest BCUT2D eigenvalue weighted by Crippen LogP contribution is -2.05. The van der Waals surface area contributed by atoms with Crippen LogP contribution in [0.15, 0.2) is 0 Å². The molecule has 7 heavy (non-hydrogen) atoms. The summed E-state index contributed by atoms with van der Waals surface area (Å²) in [6.07, 6.45) is 1.16. The van der Waals surface area contributed by atoms with E-state index >= 15 is 0 Å². The van der Waals surface area contributed by atoms with Gasteiger partial charge in [0.1, 0.15) is 0 Å². The van der Waals surface area contributed by atoms with Gasteiger partial charge in [-0.25, -0.2) is 0 Å². The van der Waals surface area contributed by atoms with Crippen molar-refractivity contribution < 1.29 is 4.74 Å². The number of methoxy groups -OCH3 is 1. The van der Waals surface area contributed by atoms with Crippen molar-refractivity contribution >= 4 is 0 Å². The summed E-state index contributed by atoms with van der Waals surface area (Å²) in [6.45, 7) is 0.848. The van der Waals surface area contributed by atoms with E-state index in [2.05, 4.69) is 0 Å². The van der Waals surface area contributed by atoms with Gasteiger partial charge in [0.2, 0.25) is 0 Å². The highest BCUT2D eigenvalue weighted by atomic mass is 16.5. The lowest BCUT2D eigenvalue weighted by atomic mass is 10.4. The molecule has 0 unspecified atom stereocenters. The van der Waals surface area contributed by atoms with E-state index in [1.807, 2.05) is 0 Å². The molecule has 0 aliphatic heterocycles. The minimum Gasteiger partial charge on any atom is -0.384 e. The molecular formula is C5H11NO. The quantitative estimate of drug-likeness (QED) is 0.530. The fourth-order valence-corrected chi connectivity index (χ4v) is 0.677. The Balaban J connectivity index is 1.98. The van der Waals surface area contributed by atoms with E-state index in [0.29, 0.717) is 12.0 Å². The Bertz CT molecular complexity index is 65.1. The Morgan fingerprint density at radius 2 is 2.43 bits per heavy atom. The molecule has 0 amide bonds. The Morgan fingerprint density at radius 3 is 2.57 bits per heavy atom. The second-order valence-corrected chi connectivity index (χ2v) is 2.11. The summed E-state index contributed by atoms with van der Waals surface area (Å²) in [5.74, 6) is 0.671. The van der Waals surface area contributed by atoms with Crippen molar-refractivity contribution in [3.63, 3.8) is 0 Å². The second kappa shape index (κ2) is 1.80. The molecule has 1 fully saturated rings. The third-order valence-electron chi connectivity index (χ3n) is 1.36. The van der Waals surface area contributed by atoms with Gasteiger partial charge in [0.05, 0.1) is 6.61 Å². The molecule has 0 radical (unpaired) electrons. The molecule has 1 saturated carbocycles. The van der Waals surface area contributed by atoms with Crippen molar-refractivity contribution in [2.45, 2.75) is 12.5 Å². The minimum absolute atomic E-state index is 0.444. The van der Waals surface area contributed by atoms with Crippen LogP contribution in [0.1, 0.15) is 6.42 Å². The summed E-state index contributed by atoms with van der Waals surface area (Å²) in [7, 11) is 1.71. The number of ether oxygens (including phenoxy) is 1. The molecule has 0 aromatic heterocycles. The van der Waals surface area contributed by atoms with Gasteiger partial charge in [-0.3, -0.25) is 0 Å². The predicted molar refractivity (Wildman–Crippen MR) is 28.0 cm³/mol. The van der Waals surface area contributed by atoms with Crippen LogP contribution in [0, 0.1) is 5.92 Å². The van der Waals surface area contributed by atoms with E-state index in [-0.39, 0.29) is 0 Å². The van der Waals surface area contributed by atoms with Gasteiger partial charge in [0.25, 0.3) is 0 Å². The molecule has 1 aliphatic carbocycles. The van der Waals surface area contributed by atoms with Crippen LogP contribution in [-0.4, -0.2) is 19.8 Å². The summed E-state index contributed by atoms with van der Waals surface area (Å²) in [4.78, 5) is 0. The molecule has 2 nitrogen and oxygen atoms in total. The third-order valence-corrected chi connectivity index (χ3v) is 1.36. The lowest BCUT2D eigenvalue weighted by molar-refractivity contribution is 0.184. The van der Waals surface area contributed by atoms with Gasteiger partial charge in [-0.05, 0) is 12.3 Å². The molecule has 0 aromatic carbocycles. The monoisotopic (exact) mass is 101 g/mol. The van der Waals surface area contributed by atoms with Gasteiger partial charge in [-0.15, -0.1) is 0 Å². The molecule has 0 aromatic rings. The second-order valence-electron chi connectivity index (χ2n) is 2.11. The van der Waals surface area contributed by atoms with E-state index in [1.165, 1.54) is 0 Å². The molecule has 42 valence electrons. The molecule has 0 bridgehead atoms. The number of nitrogens with two attached hydrogens (primary N) is 1. The summed E-state index contributed by atoms with van der Waals surface area (Å²) in [5.41, 5.74) is 5.47. The minimum atomic E-state index is 0.444. The van der Waals surface area contributed by atoms with E-state index < -0.39 is 0 Å². The van der Waals surface area contributed by atoms with Crippen molar-refractivity contribution in [1.82, 2.24) is 0 Å². The van der Waals surface area contributed by atoms with Crippen LogP contribution in [0.3, 0.4) is 0 Å². The molecule has 2 atom stereocenters. The zero-order valence-corrected chi connectivity index (χ0v) is 4.55. The number of rotatable bonds is 2. The fourth-order valence-electron chi connectivity index (χ4n) is 0.677. The molecule has 1 rings (SSSR count). The third kappa shape index (κ3) is 1.14. The smallest absolute Gasteiger partial charge is 0.0505 e. The van der Waals surface area contributed by atoms with Crippen molar-refractivity contribution in [2.24, 2.45) is 11.7 Å². The molecule has 0 heterocycles. The highest BCUT2D eigenvalue weighted by Crippen LogP contribution is 2.27. The zero-order valence-electron chi connectivity index (χ0n) is 4.55. The Morgan fingerprint density at radius 1 is 1.86 bits per heavy atom. The maximum absolute atomic E-state index is 5.47. The van der Waals surface area contributed by atoms with E-state index in [4.69, 9.17) is 10.5 Å². The average molecular weight is 101 g/mol. The van der Waals surface area contributed by atoms with Gasteiger partial charge in [0, 0.05) is 13.2 Å². The molecule has 0 spiro atoms. The van der Waals surface area contributed by atoms with Gasteiger partial charge < -0.3 is 10.5 Å². The van der Waals surface area contributed by atoms with Crippen molar-refractivity contribution in [3.05, 3.63) is 0 Å². The van der Waals surface area contributed by atoms with Crippen LogP contribution in [0.5, 0.6) is 0 Å². The van der Waals surface area contributed by atoms with Crippen molar-refractivity contribution in [2.75, 3.05) is 13.7 Å². The summed E-state index contributed by atoms with van der Waals surface area (Å²) < 4.78 is 4.86. The summed E-state index contributed by atoms with van der Waals surface area (Å²) in [6, 6.07) is 0.444. The lowest BCUT2D eigenvalue weighted by Gasteiger charge is -1.89. The van der Waals surface area contributed by atoms with E-state index in [9.17, 15) is 0 Å². The molecule has 2 heteroatoms. The first-order valence-electron chi connectivity index (χ1n) is 2.59. The maximum Gasteiger partial charge on any atom is 0.0505 e. The van der Waals surface area contributed by atoms with Crippen LogP contribution < -0.4 is 5.73 Å². The predicted octanol–water partition coefficient (Wildman–Crippen LogP) is -0.0200. The van der Waals surface area contributed by atoms with Crippen molar-refractivity contribution in [1.29, 1.82) is 0 Å². The Hall–Kier alpha value is -0.0800. The highest BCUT2D eigenvalue weighted by molar-refractivity contribution is 4.89. The van der Waals surface area contributed by atoms with Gasteiger partial charge in [0.15, 0.2) is 0 Å². The summed E-state index contributed by atoms with van der Waals surface area (Å²) in [5, 5.41) is 0. The Labute approximate surface area is 43.6 Å². The summed E-state index contributed by atoms with van der Waals surface area (Å²) >= 11 is 0. The largest absolute Gasteiger partial charge is 0.384 e. The van der Waals surface area contributed by atoms with E-state index in [0.717, 1.165) is 13.0 Å². The van der Waals surface area contributed by atoms with Crippen LogP contribution in [0.2, 0.25) is 0 Å². The average Bonchev–Trinajstić information content (AvgIpc) is 2.22. The van der Waals surface area contributed by atoms with Gasteiger partial charge in [-0.1, -0.05) is 0 Å². The normalized spacial score (nSPS) is 38.6. The Kier molecular flexibility index (Phi) is 1.30. The SMILES string of the molecule is COC[C@@H]1C[C@H]1N. The molecule has 1 aliphatic rings. The van der Waals surface area contributed by atoms with Crippen LogP contribution in [0.4, 0.5) is 0 Å². The van der Waals surface area contributed by atoms with Gasteiger partial charge >= 0.3 is 0 Å². The molecule has 2 N–H and O–H groups in total. The van der Waals surface area contributed by atoms with Crippen LogP contribution in [-0.2, 0) is 4.74 Å². The van der Waals surface area contributed by atoms with Crippen LogP contribution >= 0.6 is 0 Å². The number of hydrogen-bond acceptors (Lipinski definition) is 2. The first-order valence-corrected chi connectivity index (χ1v) is 2.59. The topological polar surface area (TPSA) is 35.2 Å². The van der Waals surface area contributed by atoms with Gasteiger partial charge in [-0.2, -0.15) is 0 Å². The number of hydrogen-bond donors (Lipinski definition) is 1. The zero-order chi connectivity index (χ0) is 5.28. The standard InChI is InChI=1S/C5H11NO/c1-7-3-4-2-5(4)6/h4-5H,2-3,6H2,1H3/t4-,5+/m0/s1. The first kappa shape index (κ1) is 5.06. The fraction of sp³-hybridized carbons (Fsp3) is 1.00. The molecular weight excluding hydrogens is 90.1 g/mol. The first-order chi connectivity index (χ1) is 3.34. The van der Waals surface area contributed by atoms with Crippen LogP contribution in [0.25, 0.3) is 0 Å². The van der Waals surface area contributed by atoms with E-state index in [1.54, 1.807) is 7.11 Å². The van der Waals surface area contributed by atoms with Crippen molar-refractivity contribution in [3.8, 4) is 0 Å².